The predicted octanol–water partition coefficient (Wildman–Crippen LogP) is -0.234. The molecule has 0 aliphatic carbocycles. The Bertz CT molecular complexity index is 412. The molecule has 0 bridgehead atoms. The Morgan fingerprint density at radius 3 is 2.74 bits per heavy atom. The van der Waals surface area contributed by atoms with Gasteiger partial charge in [0.15, 0.2) is 5.82 Å². The normalized spacial score (nSPS) is 13.6. The molecule has 0 aromatic carbocycles. The van der Waals surface area contributed by atoms with Gasteiger partial charge in [0.25, 0.3) is 0 Å². The first-order valence-corrected chi connectivity index (χ1v) is 6.96. The summed E-state index contributed by atoms with van der Waals surface area (Å²) in [6, 6.07) is -1.95. The second-order valence-electron chi connectivity index (χ2n) is 3.78. The van der Waals surface area contributed by atoms with Crippen LogP contribution >= 0.6 is 11.8 Å². The van der Waals surface area contributed by atoms with Crippen molar-refractivity contribution in [2.45, 2.75) is 25.4 Å². The molecule has 0 saturated heterocycles. The van der Waals surface area contributed by atoms with Gasteiger partial charge >= 0.3 is 12.0 Å². The van der Waals surface area contributed by atoms with Gasteiger partial charge in [-0.2, -0.15) is 17.0 Å². The number of hydrogen-bond donors (Lipinski definition) is 4. The topological polar surface area (TPSA) is 133 Å². The van der Waals surface area contributed by atoms with Crippen LogP contribution in [0.15, 0.2) is 0 Å². The van der Waals surface area contributed by atoms with Gasteiger partial charge in [0.1, 0.15) is 6.04 Å². The van der Waals surface area contributed by atoms with E-state index in [0.29, 0.717) is 18.0 Å². The van der Waals surface area contributed by atoms with Gasteiger partial charge in [-0.3, -0.25) is 0 Å². The highest BCUT2D eigenvalue weighted by molar-refractivity contribution is 7.98. The quantitative estimate of drug-likeness (QED) is 0.544. The van der Waals surface area contributed by atoms with Crippen molar-refractivity contribution in [2.75, 3.05) is 12.0 Å². The Balaban J connectivity index is 2.46. The first-order valence-electron chi connectivity index (χ1n) is 5.56. The minimum atomic E-state index is -1.06. The zero-order chi connectivity index (χ0) is 14.3. The number of carboxylic acid groups (broad SMARTS) is 1. The van der Waals surface area contributed by atoms with Crippen LogP contribution < -0.4 is 10.6 Å². The lowest BCUT2D eigenvalue weighted by Crippen LogP contribution is -2.47. The van der Waals surface area contributed by atoms with E-state index in [1.54, 1.807) is 6.92 Å². The summed E-state index contributed by atoms with van der Waals surface area (Å²) in [5.41, 5.74) is 0. The maximum Gasteiger partial charge on any atom is 0.326 e. The number of hydrogen-bond acceptors (Lipinski definition) is 6. The summed E-state index contributed by atoms with van der Waals surface area (Å²) < 4.78 is 0. The fraction of sp³-hybridized carbons (Fsp3) is 0.667. The molecule has 0 aliphatic heterocycles. The fourth-order valence-electron chi connectivity index (χ4n) is 1.31. The van der Waals surface area contributed by atoms with Gasteiger partial charge in [-0.15, -0.1) is 10.2 Å². The van der Waals surface area contributed by atoms with Gasteiger partial charge in [-0.1, -0.05) is 5.21 Å². The summed E-state index contributed by atoms with van der Waals surface area (Å²) in [4.78, 5) is 22.6. The summed E-state index contributed by atoms with van der Waals surface area (Å²) in [5.74, 6) is -0.0833. The van der Waals surface area contributed by atoms with Crippen molar-refractivity contribution in [1.29, 1.82) is 0 Å². The Labute approximate surface area is 113 Å². The molecule has 106 valence electrons. The van der Waals surface area contributed by atoms with Crippen LogP contribution in [0.5, 0.6) is 0 Å². The van der Waals surface area contributed by atoms with E-state index in [2.05, 4.69) is 31.3 Å². The lowest BCUT2D eigenvalue weighted by molar-refractivity contribution is -0.139. The SMILES string of the molecule is CSCCC(NC(=O)NC(C)c1nn[nH]n1)C(=O)O. The zero-order valence-electron chi connectivity index (χ0n) is 10.6. The molecule has 2 unspecified atom stereocenters. The van der Waals surface area contributed by atoms with E-state index >= 15 is 0 Å². The minimum absolute atomic E-state index is 0.325. The summed E-state index contributed by atoms with van der Waals surface area (Å²) in [7, 11) is 0. The Hall–Kier alpha value is -1.84. The Morgan fingerprint density at radius 2 is 2.21 bits per heavy atom. The lowest BCUT2D eigenvalue weighted by atomic mass is 10.2. The van der Waals surface area contributed by atoms with Crippen molar-refractivity contribution in [3.8, 4) is 0 Å². The molecule has 0 fully saturated rings. The molecule has 0 saturated carbocycles. The fourth-order valence-corrected chi connectivity index (χ4v) is 1.78. The van der Waals surface area contributed by atoms with Crippen molar-refractivity contribution in [2.24, 2.45) is 0 Å². The van der Waals surface area contributed by atoms with Crippen LogP contribution in [0.1, 0.15) is 25.2 Å². The van der Waals surface area contributed by atoms with E-state index in [9.17, 15) is 9.59 Å². The monoisotopic (exact) mass is 288 g/mol. The third-order valence-corrected chi connectivity index (χ3v) is 2.95. The van der Waals surface area contributed by atoms with Crippen LogP contribution in [0.3, 0.4) is 0 Å². The van der Waals surface area contributed by atoms with E-state index in [1.807, 2.05) is 6.26 Å². The standard InChI is InChI=1S/C9H16N6O3S/c1-5(7-12-14-15-13-7)10-9(18)11-6(8(16)17)3-4-19-2/h5-6H,3-4H2,1-2H3,(H,16,17)(H2,10,11,18)(H,12,13,14,15). The summed E-state index contributed by atoms with van der Waals surface area (Å²) in [5, 5.41) is 27.0. The maximum absolute atomic E-state index is 11.6. The van der Waals surface area contributed by atoms with E-state index in [4.69, 9.17) is 5.11 Å². The van der Waals surface area contributed by atoms with Gasteiger partial charge in [0.05, 0.1) is 6.04 Å². The van der Waals surface area contributed by atoms with Gasteiger partial charge in [0, 0.05) is 0 Å². The molecule has 0 aliphatic rings. The molecule has 4 N–H and O–H groups in total. The zero-order valence-corrected chi connectivity index (χ0v) is 11.4. The molecule has 2 atom stereocenters. The molecule has 0 radical (unpaired) electrons. The number of aliphatic carboxylic acids is 1. The molecule has 1 aromatic rings. The molecular weight excluding hydrogens is 272 g/mol. The molecule has 10 heteroatoms. The number of aromatic nitrogens is 4. The van der Waals surface area contributed by atoms with Gasteiger partial charge < -0.3 is 15.7 Å². The van der Waals surface area contributed by atoms with Gasteiger partial charge in [-0.05, 0) is 25.4 Å². The van der Waals surface area contributed by atoms with Crippen LogP contribution in [0.2, 0.25) is 0 Å². The van der Waals surface area contributed by atoms with Crippen LogP contribution in [-0.4, -0.2) is 55.8 Å². The van der Waals surface area contributed by atoms with Crippen LogP contribution in [-0.2, 0) is 4.79 Å². The second kappa shape index (κ2) is 7.56. The van der Waals surface area contributed by atoms with E-state index in [1.165, 1.54) is 11.8 Å². The van der Waals surface area contributed by atoms with E-state index < -0.39 is 24.1 Å². The highest BCUT2D eigenvalue weighted by Crippen LogP contribution is 2.04. The average molecular weight is 288 g/mol. The maximum atomic E-state index is 11.6. The number of nitrogens with one attached hydrogen (secondary N) is 3. The number of nitrogens with zero attached hydrogens (tertiary/aromatic N) is 3. The number of carbonyl (C=O) groups is 2. The largest absolute Gasteiger partial charge is 0.480 e. The number of H-pyrrole nitrogens is 1. The van der Waals surface area contributed by atoms with Crippen molar-refractivity contribution >= 4 is 23.8 Å². The van der Waals surface area contributed by atoms with Crippen molar-refractivity contribution < 1.29 is 14.7 Å². The van der Waals surface area contributed by atoms with Crippen LogP contribution in [0.25, 0.3) is 0 Å². The molecule has 9 nitrogen and oxygen atoms in total. The first-order chi connectivity index (χ1) is 9.04. The van der Waals surface area contributed by atoms with Gasteiger partial charge in [0.2, 0.25) is 0 Å². The lowest BCUT2D eigenvalue weighted by Gasteiger charge is -2.16. The molecule has 1 heterocycles. The number of urea groups is 1. The first kappa shape index (κ1) is 15.2. The number of tetrazole rings is 1. The summed E-state index contributed by atoms with van der Waals surface area (Å²) >= 11 is 1.52. The number of aromatic amines is 1. The number of amides is 2. The molecule has 19 heavy (non-hydrogen) atoms. The van der Waals surface area contributed by atoms with Crippen molar-refractivity contribution in [3.63, 3.8) is 0 Å². The number of rotatable bonds is 7. The van der Waals surface area contributed by atoms with E-state index in [-0.39, 0.29) is 0 Å². The van der Waals surface area contributed by atoms with Crippen molar-refractivity contribution in [1.82, 2.24) is 31.3 Å². The Kier molecular flexibility index (Phi) is 6.06. The number of thioether (sulfide) groups is 1. The average Bonchev–Trinajstić information content (AvgIpc) is 2.87. The summed E-state index contributed by atoms with van der Waals surface area (Å²) in [6.07, 6.45) is 2.23. The molecule has 1 rings (SSSR count). The van der Waals surface area contributed by atoms with Crippen molar-refractivity contribution in [3.05, 3.63) is 5.82 Å². The third kappa shape index (κ3) is 5.12. The smallest absolute Gasteiger partial charge is 0.326 e. The van der Waals surface area contributed by atoms with Crippen LogP contribution in [0, 0.1) is 0 Å². The second-order valence-corrected chi connectivity index (χ2v) is 4.77. The number of carboxylic acids is 1. The third-order valence-electron chi connectivity index (χ3n) is 2.31. The van der Waals surface area contributed by atoms with Crippen LogP contribution in [0.4, 0.5) is 4.79 Å². The molecular formula is C9H16N6O3S. The minimum Gasteiger partial charge on any atom is -0.480 e. The Morgan fingerprint density at radius 1 is 1.47 bits per heavy atom. The van der Waals surface area contributed by atoms with E-state index in [0.717, 1.165) is 0 Å². The highest BCUT2D eigenvalue weighted by Gasteiger charge is 2.21. The molecule has 0 spiro atoms. The molecule has 2 amide bonds. The summed E-state index contributed by atoms with van der Waals surface area (Å²) in [6.45, 7) is 1.67. The molecule has 1 aromatic heterocycles. The predicted molar refractivity (Wildman–Crippen MR) is 68.7 cm³/mol. The van der Waals surface area contributed by atoms with Gasteiger partial charge in [-0.25, -0.2) is 9.59 Å². The number of carbonyl (C=O) groups excluding carboxylic acids is 1. The highest BCUT2D eigenvalue weighted by atomic mass is 32.2.